The van der Waals surface area contributed by atoms with Crippen LogP contribution in [0.2, 0.25) is 0 Å². The van der Waals surface area contributed by atoms with Crippen molar-refractivity contribution in [1.82, 2.24) is 5.32 Å². The van der Waals surface area contributed by atoms with Crippen molar-refractivity contribution in [1.29, 1.82) is 5.26 Å². The molecule has 2 atom stereocenters. The van der Waals surface area contributed by atoms with Gasteiger partial charge in [0.05, 0.1) is 11.6 Å². The number of halogens is 1. The van der Waals surface area contributed by atoms with Crippen LogP contribution in [0.25, 0.3) is 0 Å². The Hall–Kier alpha value is -1.44. The van der Waals surface area contributed by atoms with E-state index < -0.39 is 0 Å². The Balaban J connectivity index is 1.98. The molecule has 0 amide bonds. The predicted octanol–water partition coefficient (Wildman–Crippen LogP) is 2.34. The molecule has 0 heterocycles. The summed E-state index contributed by atoms with van der Waals surface area (Å²) in [5.41, 5.74) is 1.12. The molecule has 3 nitrogen and oxygen atoms in total. The summed E-state index contributed by atoms with van der Waals surface area (Å²) in [6, 6.07) is 6.63. The van der Waals surface area contributed by atoms with Crippen LogP contribution in [0.1, 0.15) is 36.8 Å². The normalized spacial score (nSPS) is 23.0. The third-order valence-corrected chi connectivity index (χ3v) is 3.80. The molecular formula is C15H19FN2O. The number of rotatable bonds is 4. The van der Waals surface area contributed by atoms with Crippen LogP contribution >= 0.6 is 0 Å². The van der Waals surface area contributed by atoms with E-state index in [4.69, 9.17) is 5.26 Å². The molecule has 2 rings (SSSR count). The van der Waals surface area contributed by atoms with Gasteiger partial charge in [-0.1, -0.05) is 12.8 Å². The van der Waals surface area contributed by atoms with E-state index in [2.05, 4.69) is 5.32 Å². The van der Waals surface area contributed by atoms with Crippen molar-refractivity contribution in [3.8, 4) is 6.07 Å². The molecule has 102 valence electrons. The molecule has 0 aliphatic heterocycles. The zero-order valence-electron chi connectivity index (χ0n) is 10.9. The molecule has 2 N–H and O–H groups in total. The molecule has 1 aromatic rings. The van der Waals surface area contributed by atoms with E-state index in [-0.39, 0.29) is 24.4 Å². The molecular weight excluding hydrogens is 243 g/mol. The van der Waals surface area contributed by atoms with Crippen LogP contribution in [-0.4, -0.2) is 17.8 Å². The van der Waals surface area contributed by atoms with Gasteiger partial charge < -0.3 is 10.4 Å². The summed E-state index contributed by atoms with van der Waals surface area (Å²) in [6.45, 7) is 0.734. The number of aliphatic hydroxyl groups is 1. The molecule has 0 saturated heterocycles. The number of hydrogen-bond acceptors (Lipinski definition) is 3. The number of hydrogen-bond donors (Lipinski definition) is 2. The molecule has 0 aromatic heterocycles. The lowest BCUT2D eigenvalue weighted by molar-refractivity contribution is 0.152. The summed E-state index contributed by atoms with van der Waals surface area (Å²) in [4.78, 5) is 0. The summed E-state index contributed by atoms with van der Waals surface area (Å²) in [5, 5.41) is 21.5. The molecule has 1 aromatic carbocycles. The lowest BCUT2D eigenvalue weighted by Gasteiger charge is -2.31. The zero-order chi connectivity index (χ0) is 13.7. The molecule has 1 aliphatic carbocycles. The predicted molar refractivity (Wildman–Crippen MR) is 70.8 cm³/mol. The van der Waals surface area contributed by atoms with Gasteiger partial charge in [-0.15, -0.1) is 0 Å². The zero-order valence-corrected chi connectivity index (χ0v) is 10.9. The van der Waals surface area contributed by atoms with E-state index in [1.165, 1.54) is 25.0 Å². The maximum atomic E-state index is 13.3. The Morgan fingerprint density at radius 3 is 2.84 bits per heavy atom. The molecule has 0 spiro atoms. The molecule has 0 bridgehead atoms. The first-order valence-corrected chi connectivity index (χ1v) is 6.76. The van der Waals surface area contributed by atoms with E-state index in [1.807, 2.05) is 6.07 Å². The third kappa shape index (κ3) is 3.76. The molecule has 0 radical (unpaired) electrons. The van der Waals surface area contributed by atoms with Crippen molar-refractivity contribution in [2.45, 2.75) is 38.3 Å². The van der Waals surface area contributed by atoms with Crippen molar-refractivity contribution < 1.29 is 9.50 Å². The topological polar surface area (TPSA) is 56.0 Å². The minimum atomic E-state index is -0.377. The number of nitrogens with one attached hydrogen (secondary N) is 1. The van der Waals surface area contributed by atoms with Crippen molar-refractivity contribution in [2.24, 2.45) is 5.92 Å². The van der Waals surface area contributed by atoms with Crippen LogP contribution in [0.15, 0.2) is 18.2 Å². The summed E-state index contributed by atoms with van der Waals surface area (Å²) in [7, 11) is 0. The van der Waals surface area contributed by atoms with Crippen molar-refractivity contribution in [2.75, 3.05) is 6.61 Å². The summed E-state index contributed by atoms with van der Waals surface area (Å²) in [5.74, 6) is -0.0871. The monoisotopic (exact) mass is 262 g/mol. The highest BCUT2D eigenvalue weighted by atomic mass is 19.1. The van der Waals surface area contributed by atoms with Crippen molar-refractivity contribution in [3.63, 3.8) is 0 Å². The fourth-order valence-electron chi connectivity index (χ4n) is 2.76. The van der Waals surface area contributed by atoms with Gasteiger partial charge in [0, 0.05) is 19.2 Å². The largest absolute Gasteiger partial charge is 0.396 e. The number of nitrogens with zero attached hydrogens (tertiary/aromatic N) is 1. The van der Waals surface area contributed by atoms with Gasteiger partial charge in [-0.05, 0) is 42.5 Å². The average Bonchev–Trinajstić information content (AvgIpc) is 2.44. The molecule has 1 saturated carbocycles. The quantitative estimate of drug-likeness (QED) is 0.875. The van der Waals surface area contributed by atoms with Crippen LogP contribution in [0.5, 0.6) is 0 Å². The van der Waals surface area contributed by atoms with E-state index in [0.29, 0.717) is 12.1 Å². The Morgan fingerprint density at radius 1 is 1.32 bits per heavy atom. The fraction of sp³-hybridized carbons (Fsp3) is 0.533. The van der Waals surface area contributed by atoms with Gasteiger partial charge in [-0.3, -0.25) is 0 Å². The summed E-state index contributed by atoms with van der Waals surface area (Å²) < 4.78 is 13.3. The first-order valence-electron chi connectivity index (χ1n) is 6.76. The average molecular weight is 262 g/mol. The smallest absolute Gasteiger partial charge is 0.124 e. The second-order valence-electron chi connectivity index (χ2n) is 5.17. The molecule has 1 fully saturated rings. The third-order valence-electron chi connectivity index (χ3n) is 3.80. The van der Waals surface area contributed by atoms with Crippen LogP contribution in [0.4, 0.5) is 4.39 Å². The van der Waals surface area contributed by atoms with Crippen molar-refractivity contribution in [3.05, 3.63) is 35.1 Å². The number of benzene rings is 1. The summed E-state index contributed by atoms with van der Waals surface area (Å²) in [6.07, 6.45) is 4.43. The number of nitriles is 1. The van der Waals surface area contributed by atoms with E-state index in [9.17, 15) is 9.50 Å². The van der Waals surface area contributed by atoms with E-state index >= 15 is 0 Å². The van der Waals surface area contributed by atoms with Crippen LogP contribution in [-0.2, 0) is 6.54 Å². The second kappa shape index (κ2) is 6.65. The Morgan fingerprint density at radius 2 is 2.11 bits per heavy atom. The minimum Gasteiger partial charge on any atom is -0.396 e. The van der Waals surface area contributed by atoms with E-state index in [0.717, 1.165) is 18.4 Å². The first kappa shape index (κ1) is 14.0. The van der Waals surface area contributed by atoms with Gasteiger partial charge in [-0.25, -0.2) is 4.39 Å². The van der Waals surface area contributed by atoms with Gasteiger partial charge in [0.2, 0.25) is 0 Å². The molecule has 19 heavy (non-hydrogen) atoms. The number of aliphatic hydroxyl groups excluding tert-OH is 1. The van der Waals surface area contributed by atoms with Gasteiger partial charge in [0.25, 0.3) is 0 Å². The van der Waals surface area contributed by atoms with E-state index in [1.54, 1.807) is 6.07 Å². The SMILES string of the molecule is N#Cc1cc(F)cc(CNC2CCCCC2CO)c1. The lowest BCUT2D eigenvalue weighted by Crippen LogP contribution is -2.39. The van der Waals surface area contributed by atoms with Crippen LogP contribution in [0, 0.1) is 23.1 Å². The van der Waals surface area contributed by atoms with Gasteiger partial charge in [0.1, 0.15) is 5.82 Å². The Kier molecular flexibility index (Phi) is 4.89. The summed E-state index contributed by atoms with van der Waals surface area (Å²) >= 11 is 0. The molecule has 2 unspecified atom stereocenters. The molecule has 4 heteroatoms. The fourth-order valence-corrected chi connectivity index (χ4v) is 2.76. The van der Waals surface area contributed by atoms with Gasteiger partial charge in [0.15, 0.2) is 0 Å². The standard InChI is InChI=1S/C15H19FN2O/c16-14-6-11(8-17)5-12(7-14)9-18-15-4-2-1-3-13(15)10-19/h5-7,13,15,18-19H,1-4,9-10H2. The van der Waals surface area contributed by atoms with Crippen LogP contribution < -0.4 is 5.32 Å². The maximum Gasteiger partial charge on any atom is 0.124 e. The van der Waals surface area contributed by atoms with Crippen molar-refractivity contribution >= 4 is 0 Å². The highest BCUT2D eigenvalue weighted by Gasteiger charge is 2.23. The molecule has 1 aliphatic rings. The highest BCUT2D eigenvalue weighted by molar-refractivity contribution is 5.33. The first-order chi connectivity index (χ1) is 9.22. The van der Waals surface area contributed by atoms with Gasteiger partial charge >= 0.3 is 0 Å². The lowest BCUT2D eigenvalue weighted by atomic mass is 9.85. The highest BCUT2D eigenvalue weighted by Crippen LogP contribution is 2.24. The van der Waals surface area contributed by atoms with Gasteiger partial charge in [-0.2, -0.15) is 5.26 Å². The van der Waals surface area contributed by atoms with Crippen LogP contribution in [0.3, 0.4) is 0 Å². The Labute approximate surface area is 113 Å². The Bertz CT molecular complexity index is 470. The maximum absolute atomic E-state index is 13.3. The second-order valence-corrected chi connectivity index (χ2v) is 5.17. The minimum absolute atomic E-state index is 0.199.